The smallest absolute Gasteiger partial charge is 0.460 e. The Bertz CT molecular complexity index is 571. The normalized spacial score (nSPS) is 12.9. The number of hydrogen-bond acceptors (Lipinski definition) is 7. The summed E-state index contributed by atoms with van der Waals surface area (Å²) in [6, 6.07) is 1.39. The van der Waals surface area contributed by atoms with Crippen LogP contribution in [0.1, 0.15) is 0 Å². The van der Waals surface area contributed by atoms with Gasteiger partial charge in [-0.2, -0.15) is 5.32 Å². The van der Waals surface area contributed by atoms with E-state index in [0.717, 1.165) is 7.11 Å². The summed E-state index contributed by atoms with van der Waals surface area (Å²) in [5, 5.41) is 16.6. The fraction of sp³-hybridized carbons (Fsp3) is 0.333. The molecule has 22 heavy (non-hydrogen) atoms. The second kappa shape index (κ2) is 6.61. The maximum absolute atomic E-state index is 12.1. The highest BCUT2D eigenvalue weighted by atomic mass is 16.5. The molecule has 1 aliphatic rings. The molecule has 118 valence electrons. The van der Waals surface area contributed by atoms with Gasteiger partial charge in [-0.15, -0.1) is 0 Å². The van der Waals surface area contributed by atoms with Gasteiger partial charge in [0.05, 0.1) is 20.3 Å². The van der Waals surface area contributed by atoms with E-state index < -0.39 is 12.2 Å². The van der Waals surface area contributed by atoms with Crippen LogP contribution in [-0.4, -0.2) is 44.5 Å². The molecule has 0 radical (unpaired) electrons. The molecule has 0 saturated carbocycles. The Morgan fingerprint density at radius 3 is 2.41 bits per heavy atom. The molecular weight excluding hydrogens is 294 g/mol. The van der Waals surface area contributed by atoms with Crippen molar-refractivity contribution in [1.82, 2.24) is 4.98 Å². The number of nitrogens with zero attached hydrogens (tertiary/aromatic N) is 3. The molecule has 1 aliphatic heterocycles. The van der Waals surface area contributed by atoms with Crippen molar-refractivity contribution in [2.45, 2.75) is 0 Å². The molecule has 2 rings (SSSR count). The summed E-state index contributed by atoms with van der Waals surface area (Å²) in [5.41, 5.74) is 0. The molecule has 0 bridgehead atoms. The molecule has 2 N–H and O–H groups in total. The summed E-state index contributed by atoms with van der Waals surface area (Å²) in [6.45, 7) is 1.20. The number of methoxy groups -OCH3 is 2. The Kier molecular flexibility index (Phi) is 4.61. The van der Waals surface area contributed by atoms with E-state index in [1.807, 2.05) is 17.1 Å². The molecule has 0 spiro atoms. The topological polar surface area (TPSA) is 120 Å². The van der Waals surface area contributed by atoms with E-state index >= 15 is 0 Å². The van der Waals surface area contributed by atoms with E-state index in [2.05, 4.69) is 25.1 Å². The maximum atomic E-state index is 12.1. The lowest BCUT2D eigenvalue weighted by atomic mass is 10.4. The molecule has 2 heterocycles. The number of carbonyl (C=O) groups excluding carboxylic acids is 2. The second-order valence-corrected chi connectivity index (χ2v) is 4.23. The summed E-state index contributed by atoms with van der Waals surface area (Å²) in [7, 11) is 2.33. The van der Waals surface area contributed by atoms with Crippen LogP contribution >= 0.6 is 0 Å². The summed E-state index contributed by atoms with van der Waals surface area (Å²) < 4.78 is 9.16. The Balaban J connectivity index is 2.37. The van der Waals surface area contributed by atoms with Gasteiger partial charge in [0.2, 0.25) is 5.82 Å². The molecule has 1 aromatic rings. The number of amides is 2. The highest BCUT2D eigenvalue weighted by Gasteiger charge is 2.22. The zero-order valence-electron chi connectivity index (χ0n) is 12.0. The van der Waals surface area contributed by atoms with Crippen molar-refractivity contribution in [2.24, 2.45) is 0 Å². The first-order chi connectivity index (χ1) is 10.5. The first-order valence-electron chi connectivity index (χ1n) is 6.29. The van der Waals surface area contributed by atoms with E-state index in [1.165, 1.54) is 13.2 Å². The van der Waals surface area contributed by atoms with Crippen LogP contribution in [-0.2, 0) is 9.47 Å². The largest absolute Gasteiger partial charge is 0.754 e. The van der Waals surface area contributed by atoms with E-state index in [1.54, 1.807) is 0 Å². The van der Waals surface area contributed by atoms with Crippen LogP contribution in [0.2, 0.25) is 0 Å². The van der Waals surface area contributed by atoms with Crippen LogP contribution in [0.15, 0.2) is 18.2 Å². The fourth-order valence-electron chi connectivity index (χ4n) is 1.77. The van der Waals surface area contributed by atoms with E-state index in [9.17, 15) is 14.8 Å². The van der Waals surface area contributed by atoms with Gasteiger partial charge in [-0.05, 0) is 0 Å². The van der Waals surface area contributed by atoms with Crippen LogP contribution in [0.4, 0.5) is 27.2 Å². The minimum Gasteiger partial charge on any atom is -0.754 e. The number of anilines is 3. The lowest BCUT2D eigenvalue weighted by molar-refractivity contribution is -0.577. The van der Waals surface area contributed by atoms with Crippen LogP contribution < -0.4 is 20.3 Å². The van der Waals surface area contributed by atoms with Crippen LogP contribution in [0, 0.1) is 5.21 Å². The highest BCUT2D eigenvalue weighted by molar-refractivity contribution is 5.84. The predicted octanol–water partition coefficient (Wildman–Crippen LogP) is 0.448. The van der Waals surface area contributed by atoms with Gasteiger partial charge in [0.25, 0.3) is 0 Å². The van der Waals surface area contributed by atoms with Crippen molar-refractivity contribution >= 4 is 29.8 Å². The summed E-state index contributed by atoms with van der Waals surface area (Å²) in [6.07, 6.45) is 2.20. The summed E-state index contributed by atoms with van der Waals surface area (Å²) in [4.78, 5) is 28.5. The van der Waals surface area contributed by atoms with Crippen molar-refractivity contribution in [2.75, 3.05) is 42.8 Å². The minimum absolute atomic E-state index is 0.129. The van der Waals surface area contributed by atoms with Gasteiger partial charge < -0.3 is 19.6 Å². The molecule has 0 saturated heterocycles. The Labute approximate surface area is 125 Å². The van der Waals surface area contributed by atoms with Crippen molar-refractivity contribution < 1.29 is 23.8 Å². The SMILES string of the molecule is COC(=O)Nc1cc(N2CC=CC2)nc(NC(=O)OC)[n+]1[O-]. The lowest BCUT2D eigenvalue weighted by Gasteiger charge is -2.19. The molecule has 10 nitrogen and oxygen atoms in total. The Hall–Kier alpha value is -3.04. The average Bonchev–Trinajstić information content (AvgIpc) is 3.05. The van der Waals surface area contributed by atoms with Crippen LogP contribution in [0.5, 0.6) is 0 Å². The number of ether oxygens (including phenoxy) is 2. The van der Waals surface area contributed by atoms with Crippen molar-refractivity contribution in [3.8, 4) is 0 Å². The Morgan fingerprint density at radius 1 is 1.23 bits per heavy atom. The van der Waals surface area contributed by atoms with E-state index in [4.69, 9.17) is 0 Å². The molecule has 10 heteroatoms. The van der Waals surface area contributed by atoms with Crippen LogP contribution in [0.3, 0.4) is 0 Å². The molecule has 1 aromatic heterocycles. The van der Waals surface area contributed by atoms with Gasteiger partial charge in [-0.25, -0.2) is 19.6 Å². The first-order valence-corrected chi connectivity index (χ1v) is 6.29. The standard InChI is InChI=1S/C12H15N5O5/c1-21-11(18)14-9-7-8(16-5-3-4-6-16)13-10(17(9)20)15-12(19)22-2/h3-4,7H,5-6H2,1-2H3,(H,14,18)(H,13,15,19). The lowest BCUT2D eigenvalue weighted by Crippen LogP contribution is -2.39. The third-order valence-corrected chi connectivity index (χ3v) is 2.85. The third kappa shape index (κ3) is 3.34. The molecule has 2 amide bonds. The van der Waals surface area contributed by atoms with Crippen molar-refractivity contribution in [1.29, 1.82) is 0 Å². The minimum atomic E-state index is -0.849. The number of rotatable bonds is 3. The van der Waals surface area contributed by atoms with E-state index in [0.29, 0.717) is 18.9 Å². The Morgan fingerprint density at radius 2 is 1.82 bits per heavy atom. The van der Waals surface area contributed by atoms with Gasteiger partial charge in [-0.1, -0.05) is 17.1 Å². The van der Waals surface area contributed by atoms with Gasteiger partial charge in [-0.3, -0.25) is 0 Å². The van der Waals surface area contributed by atoms with E-state index in [-0.39, 0.29) is 16.5 Å². The second-order valence-electron chi connectivity index (χ2n) is 4.23. The van der Waals surface area contributed by atoms with Gasteiger partial charge in [0, 0.05) is 13.1 Å². The van der Waals surface area contributed by atoms with Crippen LogP contribution in [0.25, 0.3) is 0 Å². The fourth-order valence-corrected chi connectivity index (χ4v) is 1.77. The van der Waals surface area contributed by atoms with Gasteiger partial charge >= 0.3 is 18.1 Å². The number of carbonyl (C=O) groups is 2. The first kappa shape index (κ1) is 15.4. The number of hydrogen-bond donors (Lipinski definition) is 2. The molecule has 0 unspecified atom stereocenters. The third-order valence-electron chi connectivity index (χ3n) is 2.85. The average molecular weight is 309 g/mol. The summed E-state index contributed by atoms with van der Waals surface area (Å²) in [5.74, 6) is -0.0345. The molecule has 0 aromatic carbocycles. The molecular formula is C12H15N5O5. The summed E-state index contributed by atoms with van der Waals surface area (Å²) >= 11 is 0. The molecule has 0 aliphatic carbocycles. The number of aromatic nitrogens is 2. The zero-order valence-corrected chi connectivity index (χ0v) is 12.0. The zero-order chi connectivity index (χ0) is 16.1. The molecule has 0 atom stereocenters. The highest BCUT2D eigenvalue weighted by Crippen LogP contribution is 2.19. The monoisotopic (exact) mass is 309 g/mol. The number of nitrogens with one attached hydrogen (secondary N) is 2. The quantitative estimate of drug-likeness (QED) is 0.472. The maximum Gasteiger partial charge on any atom is 0.460 e. The van der Waals surface area contributed by atoms with Crippen molar-refractivity contribution in [3.63, 3.8) is 0 Å². The van der Waals surface area contributed by atoms with Crippen molar-refractivity contribution in [3.05, 3.63) is 23.4 Å². The van der Waals surface area contributed by atoms with Gasteiger partial charge in [0.15, 0.2) is 5.82 Å². The predicted molar refractivity (Wildman–Crippen MR) is 76.6 cm³/mol. The molecule has 0 fully saturated rings. The van der Waals surface area contributed by atoms with Gasteiger partial charge in [0.1, 0.15) is 0 Å².